The molecule has 0 spiro atoms. The lowest BCUT2D eigenvalue weighted by Crippen LogP contribution is -2.27. The molecule has 1 fully saturated rings. The van der Waals surface area contributed by atoms with E-state index in [1.807, 2.05) is 6.07 Å². The van der Waals surface area contributed by atoms with E-state index in [0.717, 1.165) is 16.7 Å². The largest absolute Gasteiger partial charge is 0.490 e. The molecule has 0 radical (unpaired) electrons. The highest BCUT2D eigenvalue weighted by atomic mass is 35.5. The lowest BCUT2D eigenvalue weighted by Gasteiger charge is -2.14. The maximum Gasteiger partial charge on any atom is 0.341 e. The minimum atomic E-state index is -1.17. The van der Waals surface area contributed by atoms with Crippen LogP contribution in [0.4, 0.5) is 4.79 Å². The number of amides is 2. The molecule has 2 amide bonds. The first-order valence-corrected chi connectivity index (χ1v) is 10.6. The van der Waals surface area contributed by atoms with Crippen LogP contribution < -0.4 is 9.47 Å². The van der Waals surface area contributed by atoms with Crippen LogP contribution in [0.25, 0.3) is 6.08 Å². The average Bonchev–Trinajstić information content (AvgIpc) is 3.01. The number of carboxylic acid groups (broad SMARTS) is 1. The topological polar surface area (TPSA) is 117 Å². The fraction of sp³-hybridized carbons (Fsp3) is 0.182. The van der Waals surface area contributed by atoms with Crippen LogP contribution in [-0.4, -0.2) is 40.3 Å². The summed E-state index contributed by atoms with van der Waals surface area (Å²) in [5.41, 5.74) is 1.44. The monoisotopic (exact) mass is 472 g/mol. The molecule has 1 aliphatic heterocycles. The van der Waals surface area contributed by atoms with Crippen molar-refractivity contribution >= 4 is 46.6 Å². The first kappa shape index (κ1) is 23.2. The molecule has 32 heavy (non-hydrogen) atoms. The van der Waals surface area contributed by atoms with E-state index in [-0.39, 0.29) is 34.6 Å². The molecule has 2 aromatic carbocycles. The van der Waals surface area contributed by atoms with Crippen molar-refractivity contribution in [1.29, 1.82) is 5.26 Å². The molecule has 8 nitrogen and oxygen atoms in total. The van der Waals surface area contributed by atoms with Gasteiger partial charge in [0, 0.05) is 0 Å². The van der Waals surface area contributed by atoms with Crippen LogP contribution in [0.15, 0.2) is 41.3 Å². The van der Waals surface area contributed by atoms with Crippen LogP contribution >= 0.6 is 23.4 Å². The minimum Gasteiger partial charge on any atom is -0.490 e. The maximum atomic E-state index is 12.8. The molecule has 0 atom stereocenters. The number of hydrogen-bond acceptors (Lipinski definition) is 7. The summed E-state index contributed by atoms with van der Waals surface area (Å²) in [6, 6.07) is 11.8. The summed E-state index contributed by atoms with van der Waals surface area (Å²) in [5, 5.41) is 17.7. The Hall–Kier alpha value is -3.48. The summed E-state index contributed by atoms with van der Waals surface area (Å²) >= 11 is 7.02. The van der Waals surface area contributed by atoms with E-state index in [1.165, 1.54) is 12.1 Å². The average molecular weight is 473 g/mol. The first-order valence-electron chi connectivity index (χ1n) is 9.38. The van der Waals surface area contributed by atoms with E-state index in [0.29, 0.717) is 16.7 Å². The van der Waals surface area contributed by atoms with Gasteiger partial charge in [-0.25, -0.2) is 4.79 Å². The number of thioether (sulfide) groups is 1. The summed E-state index contributed by atoms with van der Waals surface area (Å²) in [6.07, 6.45) is 1.50. The third kappa shape index (κ3) is 5.22. The van der Waals surface area contributed by atoms with Gasteiger partial charge in [-0.05, 0) is 54.1 Å². The van der Waals surface area contributed by atoms with Crippen LogP contribution in [-0.2, 0) is 16.1 Å². The van der Waals surface area contributed by atoms with Gasteiger partial charge in [-0.15, -0.1) is 0 Å². The number of rotatable bonds is 8. The van der Waals surface area contributed by atoms with Gasteiger partial charge in [0.15, 0.2) is 18.1 Å². The van der Waals surface area contributed by atoms with Gasteiger partial charge in [0.05, 0.1) is 34.7 Å². The molecule has 1 heterocycles. The maximum absolute atomic E-state index is 12.8. The number of carbonyl (C=O) groups excluding carboxylic acids is 2. The van der Waals surface area contributed by atoms with Crippen LogP contribution in [0.1, 0.15) is 23.6 Å². The Labute approximate surface area is 193 Å². The summed E-state index contributed by atoms with van der Waals surface area (Å²) in [7, 11) is 0. The quantitative estimate of drug-likeness (QED) is 0.565. The number of benzene rings is 2. The van der Waals surface area contributed by atoms with Crippen molar-refractivity contribution in [2.75, 3.05) is 13.2 Å². The van der Waals surface area contributed by atoms with Crippen LogP contribution in [0.2, 0.25) is 5.02 Å². The van der Waals surface area contributed by atoms with Crippen LogP contribution in [0, 0.1) is 11.3 Å². The number of hydrogen-bond donors (Lipinski definition) is 1. The van der Waals surface area contributed by atoms with Gasteiger partial charge in [0.1, 0.15) is 0 Å². The molecule has 0 bridgehead atoms. The number of nitriles is 1. The zero-order valence-corrected chi connectivity index (χ0v) is 18.4. The second kappa shape index (κ2) is 10.2. The normalized spacial score (nSPS) is 14.5. The lowest BCUT2D eigenvalue weighted by molar-refractivity contribution is -0.139. The Morgan fingerprint density at radius 2 is 2.03 bits per heavy atom. The molecule has 1 aliphatic rings. The SMILES string of the molecule is CCOc1cc(/C=C2\SC(=O)N(Cc3ccccc3C#N)C2=O)cc(Cl)c1OCC(=O)O. The summed E-state index contributed by atoms with van der Waals surface area (Å²) in [6.45, 7) is 1.41. The molecule has 0 aromatic heterocycles. The van der Waals surface area contributed by atoms with Gasteiger partial charge in [-0.3, -0.25) is 14.5 Å². The molecule has 1 saturated heterocycles. The standard InChI is InChI=1S/C22H17ClN2O6S/c1-2-30-17-8-13(7-16(23)20(17)31-12-19(26)27)9-18-21(28)25(22(29)32-18)11-15-6-4-3-5-14(15)10-24/h3-9H,2,11-12H2,1H3,(H,26,27)/b18-9-. The number of nitrogens with zero attached hydrogens (tertiary/aromatic N) is 2. The molecule has 2 aromatic rings. The van der Waals surface area contributed by atoms with Crippen molar-refractivity contribution in [2.45, 2.75) is 13.5 Å². The van der Waals surface area contributed by atoms with Crippen LogP contribution in [0.5, 0.6) is 11.5 Å². The highest BCUT2D eigenvalue weighted by molar-refractivity contribution is 8.18. The number of carboxylic acids is 1. The summed E-state index contributed by atoms with van der Waals surface area (Å²) in [5.74, 6) is -1.36. The zero-order chi connectivity index (χ0) is 23.3. The van der Waals surface area contributed by atoms with Gasteiger partial charge in [-0.1, -0.05) is 29.8 Å². The minimum absolute atomic E-state index is 0.0152. The molecule has 0 unspecified atom stereocenters. The molecule has 164 valence electrons. The Morgan fingerprint density at radius 3 is 2.72 bits per heavy atom. The summed E-state index contributed by atoms with van der Waals surface area (Å²) < 4.78 is 10.7. The Kier molecular flexibility index (Phi) is 7.41. The molecule has 0 aliphatic carbocycles. The smallest absolute Gasteiger partial charge is 0.341 e. The number of halogens is 1. The number of imide groups is 1. The Bertz CT molecular complexity index is 1160. The zero-order valence-electron chi connectivity index (χ0n) is 16.8. The molecule has 3 rings (SSSR count). The van der Waals surface area contributed by atoms with Gasteiger partial charge in [0.25, 0.3) is 11.1 Å². The fourth-order valence-corrected chi connectivity index (χ4v) is 4.05. The van der Waals surface area contributed by atoms with E-state index in [1.54, 1.807) is 37.3 Å². The number of carbonyl (C=O) groups is 3. The molecule has 1 N–H and O–H groups in total. The van der Waals surface area contributed by atoms with Gasteiger partial charge < -0.3 is 14.6 Å². The molecular formula is C22H17ClN2O6S. The molecular weight excluding hydrogens is 456 g/mol. The van der Waals surface area contributed by atoms with Gasteiger partial charge in [-0.2, -0.15) is 5.26 Å². The van der Waals surface area contributed by atoms with E-state index < -0.39 is 23.7 Å². The third-order valence-corrected chi connectivity index (χ3v) is 5.50. The second-order valence-electron chi connectivity index (χ2n) is 6.48. The van der Waals surface area contributed by atoms with E-state index in [2.05, 4.69) is 0 Å². The predicted molar refractivity (Wildman–Crippen MR) is 118 cm³/mol. The van der Waals surface area contributed by atoms with Crippen molar-refractivity contribution in [3.63, 3.8) is 0 Å². The van der Waals surface area contributed by atoms with Crippen molar-refractivity contribution in [3.05, 3.63) is 63.0 Å². The second-order valence-corrected chi connectivity index (χ2v) is 7.88. The highest BCUT2D eigenvalue weighted by Gasteiger charge is 2.35. The molecule has 0 saturated carbocycles. The van der Waals surface area contributed by atoms with Crippen LogP contribution in [0.3, 0.4) is 0 Å². The fourth-order valence-electron chi connectivity index (χ4n) is 2.93. The highest BCUT2D eigenvalue weighted by Crippen LogP contribution is 2.39. The van der Waals surface area contributed by atoms with E-state index in [9.17, 15) is 19.6 Å². The van der Waals surface area contributed by atoms with Crippen molar-refractivity contribution in [1.82, 2.24) is 4.90 Å². The van der Waals surface area contributed by atoms with Gasteiger partial charge in [0.2, 0.25) is 0 Å². The molecule has 10 heteroatoms. The van der Waals surface area contributed by atoms with Crippen molar-refractivity contribution in [3.8, 4) is 17.6 Å². The van der Waals surface area contributed by atoms with Crippen molar-refractivity contribution in [2.24, 2.45) is 0 Å². The van der Waals surface area contributed by atoms with Crippen molar-refractivity contribution < 1.29 is 29.0 Å². The van der Waals surface area contributed by atoms with E-state index >= 15 is 0 Å². The first-order chi connectivity index (χ1) is 15.3. The number of aliphatic carboxylic acids is 1. The van der Waals surface area contributed by atoms with E-state index in [4.69, 9.17) is 26.2 Å². The number of ether oxygens (including phenoxy) is 2. The lowest BCUT2D eigenvalue weighted by atomic mass is 10.1. The third-order valence-electron chi connectivity index (χ3n) is 4.31. The predicted octanol–water partition coefficient (Wildman–Crippen LogP) is 4.31. The summed E-state index contributed by atoms with van der Waals surface area (Å²) in [4.78, 5) is 37.4. The Balaban J connectivity index is 1.88. The van der Waals surface area contributed by atoms with Gasteiger partial charge >= 0.3 is 5.97 Å². The Morgan fingerprint density at radius 1 is 1.28 bits per heavy atom.